The number of amides is 3. The molecule has 5 nitrogen and oxygen atoms in total. The van der Waals surface area contributed by atoms with E-state index < -0.39 is 18.0 Å². The Labute approximate surface area is 95.0 Å². The van der Waals surface area contributed by atoms with Crippen molar-refractivity contribution in [1.29, 1.82) is 0 Å². The van der Waals surface area contributed by atoms with Crippen molar-refractivity contribution in [2.45, 2.75) is 6.04 Å². The molecular weight excluding hydrogens is 225 g/mol. The Morgan fingerprint density at radius 3 is 2.76 bits per heavy atom. The van der Waals surface area contributed by atoms with Crippen molar-refractivity contribution >= 4 is 22.8 Å². The molecule has 17 heavy (non-hydrogen) atoms. The highest BCUT2D eigenvalue weighted by Gasteiger charge is 2.32. The summed E-state index contributed by atoms with van der Waals surface area (Å²) in [5, 5.41) is 5.37. The van der Waals surface area contributed by atoms with Crippen molar-refractivity contribution < 1.29 is 14.0 Å². The van der Waals surface area contributed by atoms with Gasteiger partial charge in [0, 0.05) is 22.7 Å². The zero-order valence-corrected chi connectivity index (χ0v) is 8.58. The molecule has 1 atom stereocenters. The molecular formula is C11H8FN3O2. The Morgan fingerprint density at radius 2 is 2.06 bits per heavy atom. The number of urea groups is 1. The minimum absolute atomic E-state index is 0.356. The van der Waals surface area contributed by atoms with Gasteiger partial charge in [-0.25, -0.2) is 9.18 Å². The first kappa shape index (κ1) is 9.83. The third kappa shape index (κ3) is 1.45. The zero-order chi connectivity index (χ0) is 12.0. The molecule has 0 aliphatic carbocycles. The molecule has 3 N–H and O–H groups in total. The van der Waals surface area contributed by atoms with Crippen LogP contribution in [0.15, 0.2) is 24.4 Å². The maximum atomic E-state index is 13.0. The van der Waals surface area contributed by atoms with Gasteiger partial charge in [0.05, 0.1) is 0 Å². The zero-order valence-electron chi connectivity index (χ0n) is 8.58. The van der Waals surface area contributed by atoms with Gasteiger partial charge in [0.2, 0.25) is 0 Å². The average Bonchev–Trinajstić information content (AvgIpc) is 2.81. The number of carbonyl (C=O) groups is 2. The first-order chi connectivity index (χ1) is 8.15. The van der Waals surface area contributed by atoms with Gasteiger partial charge in [-0.3, -0.25) is 10.1 Å². The molecule has 2 aromatic rings. The molecule has 0 unspecified atom stereocenters. The van der Waals surface area contributed by atoms with Gasteiger partial charge >= 0.3 is 6.03 Å². The van der Waals surface area contributed by atoms with Crippen LogP contribution >= 0.6 is 0 Å². The summed E-state index contributed by atoms with van der Waals surface area (Å²) in [6.45, 7) is 0. The molecule has 1 aliphatic heterocycles. The van der Waals surface area contributed by atoms with Gasteiger partial charge in [-0.1, -0.05) is 0 Å². The number of hydrogen-bond acceptors (Lipinski definition) is 2. The number of nitrogens with one attached hydrogen (secondary N) is 3. The van der Waals surface area contributed by atoms with Crippen molar-refractivity contribution in [3.63, 3.8) is 0 Å². The van der Waals surface area contributed by atoms with Crippen LogP contribution < -0.4 is 10.6 Å². The van der Waals surface area contributed by atoms with E-state index in [0.29, 0.717) is 16.5 Å². The molecule has 0 spiro atoms. The Hall–Kier alpha value is -2.37. The summed E-state index contributed by atoms with van der Waals surface area (Å²) in [4.78, 5) is 25.4. The third-order valence-corrected chi connectivity index (χ3v) is 2.76. The smallest absolute Gasteiger partial charge is 0.322 e. The van der Waals surface area contributed by atoms with Gasteiger partial charge in [-0.2, -0.15) is 0 Å². The molecule has 1 aromatic heterocycles. The molecule has 6 heteroatoms. The van der Waals surface area contributed by atoms with Crippen molar-refractivity contribution in [1.82, 2.24) is 15.6 Å². The van der Waals surface area contributed by atoms with Crippen LogP contribution in [-0.4, -0.2) is 16.9 Å². The van der Waals surface area contributed by atoms with E-state index in [-0.39, 0.29) is 5.82 Å². The number of carbonyl (C=O) groups excluding carboxylic acids is 2. The summed E-state index contributed by atoms with van der Waals surface area (Å²) in [6, 6.07) is 2.99. The van der Waals surface area contributed by atoms with Crippen LogP contribution in [0.4, 0.5) is 9.18 Å². The summed E-state index contributed by atoms with van der Waals surface area (Å²) < 4.78 is 13.0. The molecule has 0 radical (unpaired) electrons. The molecule has 1 saturated heterocycles. The second-order valence-electron chi connectivity index (χ2n) is 3.83. The molecule has 86 valence electrons. The molecule has 1 aliphatic rings. The van der Waals surface area contributed by atoms with E-state index in [1.165, 1.54) is 12.1 Å². The van der Waals surface area contributed by atoms with E-state index >= 15 is 0 Å². The normalized spacial score (nSPS) is 19.5. The maximum absolute atomic E-state index is 13.0. The summed E-state index contributed by atoms with van der Waals surface area (Å²) >= 11 is 0. The van der Waals surface area contributed by atoms with Gasteiger partial charge in [0.25, 0.3) is 5.91 Å². The number of fused-ring (bicyclic) bond motifs is 1. The topological polar surface area (TPSA) is 74.0 Å². The number of halogens is 1. The number of aromatic amines is 1. The maximum Gasteiger partial charge on any atom is 0.322 e. The second-order valence-corrected chi connectivity index (χ2v) is 3.83. The van der Waals surface area contributed by atoms with E-state index in [2.05, 4.69) is 15.6 Å². The predicted molar refractivity (Wildman–Crippen MR) is 57.7 cm³/mol. The fraction of sp³-hybridized carbons (Fsp3) is 0.0909. The van der Waals surface area contributed by atoms with Crippen LogP contribution in [0.25, 0.3) is 10.9 Å². The Balaban J connectivity index is 2.12. The largest absolute Gasteiger partial charge is 0.361 e. The van der Waals surface area contributed by atoms with Gasteiger partial charge in [0.15, 0.2) is 0 Å². The Bertz CT molecular complexity index is 635. The number of hydrogen-bond donors (Lipinski definition) is 3. The summed E-state index contributed by atoms with van der Waals surface area (Å²) in [5.41, 5.74) is 1.22. The van der Waals surface area contributed by atoms with Crippen LogP contribution in [0.1, 0.15) is 11.6 Å². The van der Waals surface area contributed by atoms with Crippen LogP contribution in [0, 0.1) is 5.82 Å². The molecule has 3 rings (SSSR count). The monoisotopic (exact) mass is 233 g/mol. The molecule has 1 fully saturated rings. The van der Waals surface area contributed by atoms with E-state index in [1.54, 1.807) is 12.3 Å². The minimum atomic E-state index is -0.721. The number of rotatable bonds is 1. The van der Waals surface area contributed by atoms with Crippen molar-refractivity contribution in [2.75, 3.05) is 0 Å². The van der Waals surface area contributed by atoms with Crippen LogP contribution in [-0.2, 0) is 4.79 Å². The standard InChI is InChI=1S/C11H8FN3O2/c12-5-1-2-6-7(4-13-8(6)3-5)9-10(16)15-11(17)14-9/h1-4,9,13H,(H2,14,15,16,17)/t9-/m0/s1. The molecule has 0 bridgehead atoms. The van der Waals surface area contributed by atoms with E-state index in [9.17, 15) is 14.0 Å². The van der Waals surface area contributed by atoms with Gasteiger partial charge in [0.1, 0.15) is 11.9 Å². The first-order valence-corrected chi connectivity index (χ1v) is 5.03. The van der Waals surface area contributed by atoms with E-state index in [1.807, 2.05) is 0 Å². The molecule has 3 amide bonds. The molecule has 2 heterocycles. The highest BCUT2D eigenvalue weighted by molar-refractivity contribution is 6.06. The number of imide groups is 1. The van der Waals surface area contributed by atoms with Crippen molar-refractivity contribution in [3.8, 4) is 0 Å². The Kier molecular flexibility index (Phi) is 1.91. The van der Waals surface area contributed by atoms with Crippen molar-refractivity contribution in [3.05, 3.63) is 35.8 Å². The van der Waals surface area contributed by atoms with Gasteiger partial charge < -0.3 is 10.3 Å². The third-order valence-electron chi connectivity index (χ3n) is 2.76. The average molecular weight is 233 g/mol. The lowest BCUT2D eigenvalue weighted by atomic mass is 10.1. The van der Waals surface area contributed by atoms with Crippen LogP contribution in [0.2, 0.25) is 0 Å². The Morgan fingerprint density at radius 1 is 1.24 bits per heavy atom. The SMILES string of the molecule is O=C1NC(=O)[C@H](c2c[nH]c3cc(F)ccc23)N1. The second kappa shape index (κ2) is 3.31. The summed E-state index contributed by atoms with van der Waals surface area (Å²) in [5.74, 6) is -0.758. The first-order valence-electron chi connectivity index (χ1n) is 5.03. The number of H-pyrrole nitrogens is 1. The quantitative estimate of drug-likeness (QED) is 0.647. The lowest BCUT2D eigenvalue weighted by Crippen LogP contribution is -2.22. The fourth-order valence-electron chi connectivity index (χ4n) is 2.00. The highest BCUT2D eigenvalue weighted by atomic mass is 19.1. The number of benzene rings is 1. The van der Waals surface area contributed by atoms with Crippen molar-refractivity contribution in [2.24, 2.45) is 0 Å². The lowest BCUT2D eigenvalue weighted by molar-refractivity contribution is -0.120. The molecule has 1 aromatic carbocycles. The predicted octanol–water partition coefficient (Wildman–Crippen LogP) is 1.19. The van der Waals surface area contributed by atoms with Gasteiger partial charge in [-0.05, 0) is 18.2 Å². The van der Waals surface area contributed by atoms with Crippen LogP contribution in [0.5, 0.6) is 0 Å². The minimum Gasteiger partial charge on any atom is -0.361 e. The van der Waals surface area contributed by atoms with Crippen LogP contribution in [0.3, 0.4) is 0 Å². The molecule has 0 saturated carbocycles. The summed E-state index contributed by atoms with van der Waals surface area (Å²) in [6.07, 6.45) is 1.60. The van der Waals surface area contributed by atoms with E-state index in [4.69, 9.17) is 0 Å². The van der Waals surface area contributed by atoms with E-state index in [0.717, 1.165) is 0 Å². The lowest BCUT2D eigenvalue weighted by Gasteiger charge is -2.04. The fourth-order valence-corrected chi connectivity index (χ4v) is 2.00. The summed E-state index contributed by atoms with van der Waals surface area (Å²) in [7, 11) is 0. The van der Waals surface area contributed by atoms with Gasteiger partial charge in [-0.15, -0.1) is 0 Å². The highest BCUT2D eigenvalue weighted by Crippen LogP contribution is 2.26. The number of aromatic nitrogens is 1.